The van der Waals surface area contributed by atoms with Crippen molar-refractivity contribution in [3.05, 3.63) is 64.8 Å². The molecular weight excluding hydrogens is 280 g/mol. The number of nitrogens with zero attached hydrogens (tertiary/aromatic N) is 1. The van der Waals surface area contributed by atoms with Crippen molar-refractivity contribution in [1.82, 2.24) is 4.98 Å². The van der Waals surface area contributed by atoms with Gasteiger partial charge >= 0.3 is 0 Å². The van der Waals surface area contributed by atoms with Crippen LogP contribution in [-0.2, 0) is 6.42 Å². The lowest BCUT2D eigenvalue weighted by Gasteiger charge is -2.09. The highest BCUT2D eigenvalue weighted by molar-refractivity contribution is 7.21. The van der Waals surface area contributed by atoms with E-state index in [1.165, 1.54) is 11.3 Å². The van der Waals surface area contributed by atoms with E-state index in [1.807, 2.05) is 43.3 Å². The zero-order valence-electron chi connectivity index (χ0n) is 11.7. The molecule has 4 heteroatoms. The van der Waals surface area contributed by atoms with Gasteiger partial charge in [0.15, 0.2) is 5.78 Å². The maximum Gasteiger partial charge on any atom is 0.190 e. The second-order valence-corrected chi connectivity index (χ2v) is 6.14. The fourth-order valence-corrected chi connectivity index (χ4v) is 3.66. The van der Waals surface area contributed by atoms with E-state index in [2.05, 4.69) is 4.98 Å². The van der Waals surface area contributed by atoms with Crippen molar-refractivity contribution in [2.75, 3.05) is 0 Å². The summed E-state index contributed by atoms with van der Waals surface area (Å²) in [7, 11) is 0. The highest BCUT2D eigenvalue weighted by atomic mass is 32.1. The molecule has 0 saturated heterocycles. The van der Waals surface area contributed by atoms with Gasteiger partial charge in [-0.05, 0) is 42.0 Å². The Bertz CT molecular complexity index is 780. The molecule has 21 heavy (non-hydrogen) atoms. The molecule has 1 unspecified atom stereocenters. The first-order valence-electron chi connectivity index (χ1n) is 6.83. The molecule has 0 aliphatic rings. The fraction of sp³-hybridized carbons (Fsp3) is 0.176. The molecule has 1 atom stereocenters. The van der Waals surface area contributed by atoms with E-state index in [9.17, 15) is 4.79 Å². The number of carbonyl (C=O) groups excluding carboxylic acids is 1. The van der Waals surface area contributed by atoms with E-state index < -0.39 is 6.04 Å². The van der Waals surface area contributed by atoms with Gasteiger partial charge in [0.25, 0.3) is 0 Å². The van der Waals surface area contributed by atoms with Crippen LogP contribution in [0.2, 0.25) is 0 Å². The van der Waals surface area contributed by atoms with Gasteiger partial charge in [0, 0.05) is 17.1 Å². The first-order valence-corrected chi connectivity index (χ1v) is 7.65. The number of ketones is 1. The van der Waals surface area contributed by atoms with Crippen LogP contribution in [0.3, 0.4) is 0 Å². The molecule has 1 aromatic carbocycles. The number of nitrogens with two attached hydrogens (primary N) is 1. The molecule has 0 spiro atoms. The number of benzene rings is 1. The number of carbonyl (C=O) groups is 1. The Balaban J connectivity index is 1.88. The van der Waals surface area contributed by atoms with Crippen LogP contribution in [0.15, 0.2) is 48.8 Å². The Kier molecular flexibility index (Phi) is 3.82. The summed E-state index contributed by atoms with van der Waals surface area (Å²) in [5.41, 5.74) is 8.11. The van der Waals surface area contributed by atoms with Gasteiger partial charge in [-0.3, -0.25) is 9.78 Å². The van der Waals surface area contributed by atoms with Crippen LogP contribution in [0.4, 0.5) is 0 Å². The van der Waals surface area contributed by atoms with Gasteiger partial charge in [-0.1, -0.05) is 24.3 Å². The zero-order chi connectivity index (χ0) is 14.8. The number of hydrogen-bond donors (Lipinski definition) is 1. The maximum absolute atomic E-state index is 12.6. The Morgan fingerprint density at radius 2 is 2.10 bits per heavy atom. The molecule has 2 aromatic heterocycles. The normalized spacial score (nSPS) is 12.5. The smallest absolute Gasteiger partial charge is 0.190 e. The standard InChI is InChI=1S/C17H16N2OS/c1-11-13-6-2-3-7-15(13)21-17(11)16(20)14(18)9-12-5-4-8-19-10-12/h2-8,10,14H,9,18H2,1H3. The number of pyridine rings is 1. The fourth-order valence-electron chi connectivity index (χ4n) is 2.44. The van der Waals surface area contributed by atoms with Gasteiger partial charge in [0.1, 0.15) is 0 Å². The molecule has 3 rings (SSSR count). The lowest BCUT2D eigenvalue weighted by molar-refractivity contribution is 0.0964. The van der Waals surface area contributed by atoms with Gasteiger partial charge in [0.05, 0.1) is 10.9 Å². The molecule has 0 bridgehead atoms. The molecule has 0 aliphatic carbocycles. The topological polar surface area (TPSA) is 56.0 Å². The minimum atomic E-state index is -0.527. The molecule has 0 aliphatic heterocycles. The summed E-state index contributed by atoms with van der Waals surface area (Å²) in [5, 5.41) is 1.14. The molecule has 3 nitrogen and oxygen atoms in total. The van der Waals surface area contributed by atoms with Crippen LogP contribution >= 0.6 is 11.3 Å². The number of Topliss-reactive ketones (excluding diaryl/α,β-unsaturated/α-hetero) is 1. The van der Waals surface area contributed by atoms with Gasteiger partial charge in [0.2, 0.25) is 0 Å². The number of aromatic nitrogens is 1. The molecule has 0 saturated carbocycles. The summed E-state index contributed by atoms with van der Waals surface area (Å²) in [6.45, 7) is 1.99. The van der Waals surface area contributed by atoms with Crippen molar-refractivity contribution in [3.63, 3.8) is 0 Å². The molecule has 3 aromatic rings. The summed E-state index contributed by atoms with van der Waals surface area (Å²) in [4.78, 5) is 17.4. The number of thiophene rings is 1. The average Bonchev–Trinajstić information content (AvgIpc) is 2.85. The maximum atomic E-state index is 12.6. The Labute approximate surface area is 127 Å². The monoisotopic (exact) mass is 296 g/mol. The second-order valence-electron chi connectivity index (χ2n) is 5.09. The Morgan fingerprint density at radius 3 is 2.81 bits per heavy atom. The van der Waals surface area contributed by atoms with E-state index in [0.29, 0.717) is 6.42 Å². The highest BCUT2D eigenvalue weighted by Gasteiger charge is 2.21. The molecule has 0 fully saturated rings. The van der Waals surface area contributed by atoms with Crippen LogP contribution < -0.4 is 5.73 Å². The molecule has 106 valence electrons. The van der Waals surface area contributed by atoms with E-state index >= 15 is 0 Å². The van der Waals surface area contributed by atoms with Crippen molar-refractivity contribution >= 4 is 27.2 Å². The van der Waals surface area contributed by atoms with Crippen molar-refractivity contribution in [2.24, 2.45) is 5.73 Å². The third-order valence-corrected chi connectivity index (χ3v) is 4.87. The van der Waals surface area contributed by atoms with Crippen molar-refractivity contribution in [3.8, 4) is 0 Å². The predicted molar refractivity (Wildman–Crippen MR) is 86.8 cm³/mol. The minimum Gasteiger partial charge on any atom is -0.321 e. The summed E-state index contributed by atoms with van der Waals surface area (Å²) in [6, 6.07) is 11.3. The number of fused-ring (bicyclic) bond motifs is 1. The van der Waals surface area contributed by atoms with Crippen LogP contribution in [0.1, 0.15) is 20.8 Å². The summed E-state index contributed by atoms with van der Waals surface area (Å²) in [5.74, 6) is 0.0116. The third-order valence-electron chi connectivity index (χ3n) is 3.58. The SMILES string of the molecule is Cc1c(C(=O)C(N)Cc2cccnc2)sc2ccccc12. The van der Waals surface area contributed by atoms with Gasteiger partial charge in [-0.2, -0.15) is 0 Å². The Morgan fingerprint density at radius 1 is 1.29 bits per heavy atom. The van der Waals surface area contributed by atoms with E-state index in [1.54, 1.807) is 12.4 Å². The van der Waals surface area contributed by atoms with Crippen LogP contribution in [0.5, 0.6) is 0 Å². The van der Waals surface area contributed by atoms with E-state index in [-0.39, 0.29) is 5.78 Å². The first kappa shape index (κ1) is 13.9. The summed E-state index contributed by atoms with van der Waals surface area (Å²) >= 11 is 1.53. The molecule has 2 heterocycles. The van der Waals surface area contributed by atoms with Crippen LogP contribution in [0.25, 0.3) is 10.1 Å². The highest BCUT2D eigenvalue weighted by Crippen LogP contribution is 2.31. The van der Waals surface area contributed by atoms with E-state index in [0.717, 1.165) is 26.1 Å². The second kappa shape index (κ2) is 5.76. The van der Waals surface area contributed by atoms with Crippen molar-refractivity contribution in [2.45, 2.75) is 19.4 Å². The number of rotatable bonds is 4. The number of hydrogen-bond acceptors (Lipinski definition) is 4. The molecular formula is C17H16N2OS. The molecule has 0 amide bonds. The van der Waals surface area contributed by atoms with E-state index in [4.69, 9.17) is 5.73 Å². The molecule has 2 N–H and O–H groups in total. The molecule has 0 radical (unpaired) electrons. The van der Waals surface area contributed by atoms with Gasteiger partial charge < -0.3 is 5.73 Å². The predicted octanol–water partition coefficient (Wildman–Crippen LogP) is 3.36. The van der Waals surface area contributed by atoms with Crippen molar-refractivity contribution in [1.29, 1.82) is 0 Å². The number of aryl methyl sites for hydroxylation is 1. The summed E-state index contributed by atoms with van der Waals surface area (Å²) < 4.78 is 1.13. The van der Waals surface area contributed by atoms with Crippen LogP contribution in [0, 0.1) is 6.92 Å². The van der Waals surface area contributed by atoms with Gasteiger partial charge in [-0.15, -0.1) is 11.3 Å². The quantitative estimate of drug-likeness (QED) is 0.751. The first-order chi connectivity index (χ1) is 10.2. The lowest BCUT2D eigenvalue weighted by Crippen LogP contribution is -2.32. The Hall–Kier alpha value is -2.04. The van der Waals surface area contributed by atoms with Gasteiger partial charge in [-0.25, -0.2) is 0 Å². The minimum absolute atomic E-state index is 0.0116. The van der Waals surface area contributed by atoms with Crippen molar-refractivity contribution < 1.29 is 4.79 Å². The third kappa shape index (κ3) is 2.73. The lowest BCUT2D eigenvalue weighted by atomic mass is 10.0. The zero-order valence-corrected chi connectivity index (χ0v) is 12.6. The van der Waals surface area contributed by atoms with Crippen LogP contribution in [-0.4, -0.2) is 16.8 Å². The summed E-state index contributed by atoms with van der Waals surface area (Å²) in [6.07, 6.45) is 3.98. The largest absolute Gasteiger partial charge is 0.321 e. The average molecular weight is 296 g/mol.